The van der Waals surface area contributed by atoms with Crippen LogP contribution in [0.1, 0.15) is 13.3 Å². The largest absolute Gasteiger partial charge is 0.339 e. The number of carbonyl (C=O) groups is 2. The zero-order chi connectivity index (χ0) is 12.4. The second-order valence-electron chi connectivity index (χ2n) is 5.13. The summed E-state index contributed by atoms with van der Waals surface area (Å²) >= 11 is 0. The minimum absolute atomic E-state index is 0.0929. The molecule has 17 heavy (non-hydrogen) atoms. The maximum atomic E-state index is 12.0. The van der Waals surface area contributed by atoms with Crippen LogP contribution in [0, 0.1) is 5.92 Å². The van der Waals surface area contributed by atoms with E-state index < -0.39 is 0 Å². The van der Waals surface area contributed by atoms with E-state index in [1.165, 1.54) is 0 Å². The molecule has 2 rings (SSSR count). The summed E-state index contributed by atoms with van der Waals surface area (Å²) < 4.78 is 0. The lowest BCUT2D eigenvalue weighted by atomic mass is 10.1. The summed E-state index contributed by atoms with van der Waals surface area (Å²) in [6.07, 6.45) is 0.884. The van der Waals surface area contributed by atoms with Crippen molar-refractivity contribution in [2.75, 3.05) is 46.3 Å². The quantitative estimate of drug-likeness (QED) is 0.660. The normalized spacial score (nSPS) is 26.7. The van der Waals surface area contributed by atoms with Gasteiger partial charge in [-0.05, 0) is 13.5 Å². The van der Waals surface area contributed by atoms with E-state index in [1.807, 2.05) is 11.8 Å². The van der Waals surface area contributed by atoms with Crippen molar-refractivity contribution < 1.29 is 9.59 Å². The van der Waals surface area contributed by atoms with Crippen molar-refractivity contribution in [2.45, 2.75) is 13.3 Å². The van der Waals surface area contributed by atoms with E-state index in [2.05, 4.69) is 11.9 Å². The summed E-state index contributed by atoms with van der Waals surface area (Å²) in [6, 6.07) is 0. The van der Waals surface area contributed by atoms with Crippen LogP contribution in [0.2, 0.25) is 0 Å². The highest BCUT2D eigenvalue weighted by atomic mass is 16.2. The average Bonchev–Trinajstić information content (AvgIpc) is 2.62. The lowest BCUT2D eigenvalue weighted by molar-refractivity contribution is -0.140. The zero-order valence-electron chi connectivity index (χ0n) is 10.7. The van der Waals surface area contributed by atoms with Crippen LogP contribution < -0.4 is 0 Å². The highest BCUT2D eigenvalue weighted by Gasteiger charge is 2.30. The van der Waals surface area contributed by atoms with E-state index >= 15 is 0 Å². The Morgan fingerprint density at radius 3 is 2.41 bits per heavy atom. The number of likely N-dealkylation sites (N-methyl/N-ethyl adjacent to an activating group) is 1. The lowest BCUT2D eigenvalue weighted by Crippen LogP contribution is -2.50. The molecule has 0 saturated carbocycles. The summed E-state index contributed by atoms with van der Waals surface area (Å²) in [5, 5.41) is 0. The van der Waals surface area contributed by atoms with Crippen LogP contribution in [0.3, 0.4) is 0 Å². The number of amides is 2. The van der Waals surface area contributed by atoms with Gasteiger partial charge in [0.15, 0.2) is 0 Å². The van der Waals surface area contributed by atoms with Crippen molar-refractivity contribution in [3.8, 4) is 0 Å². The second kappa shape index (κ2) is 5.04. The van der Waals surface area contributed by atoms with Gasteiger partial charge < -0.3 is 14.7 Å². The molecule has 0 aromatic carbocycles. The van der Waals surface area contributed by atoms with Gasteiger partial charge in [0, 0.05) is 38.6 Å². The third-order valence-electron chi connectivity index (χ3n) is 3.75. The van der Waals surface area contributed by atoms with Crippen molar-refractivity contribution in [1.82, 2.24) is 14.7 Å². The Kier molecular flexibility index (Phi) is 3.66. The number of carbonyl (C=O) groups excluding carboxylic acids is 2. The van der Waals surface area contributed by atoms with Crippen LogP contribution in [0.4, 0.5) is 0 Å². The zero-order valence-corrected chi connectivity index (χ0v) is 10.7. The predicted molar refractivity (Wildman–Crippen MR) is 64.4 cm³/mol. The molecule has 1 atom stereocenters. The summed E-state index contributed by atoms with van der Waals surface area (Å²) in [5.41, 5.74) is 0. The van der Waals surface area contributed by atoms with Crippen molar-refractivity contribution in [2.24, 2.45) is 5.92 Å². The third-order valence-corrected chi connectivity index (χ3v) is 3.75. The molecule has 0 aromatic heterocycles. The lowest BCUT2D eigenvalue weighted by Gasteiger charge is -2.33. The molecule has 2 amide bonds. The SMILES string of the molecule is C[C@@H]1CCN(CC(=O)N2CCN(C)CC2)C1=O. The molecule has 2 fully saturated rings. The molecule has 0 spiro atoms. The van der Waals surface area contributed by atoms with Gasteiger partial charge in [-0.1, -0.05) is 6.92 Å². The number of piperazine rings is 1. The van der Waals surface area contributed by atoms with Crippen molar-refractivity contribution in [3.05, 3.63) is 0 Å². The molecule has 0 unspecified atom stereocenters. The van der Waals surface area contributed by atoms with Crippen LogP contribution >= 0.6 is 0 Å². The van der Waals surface area contributed by atoms with E-state index in [9.17, 15) is 9.59 Å². The summed E-state index contributed by atoms with van der Waals surface area (Å²) in [7, 11) is 2.06. The highest BCUT2D eigenvalue weighted by Crippen LogP contribution is 2.16. The van der Waals surface area contributed by atoms with Gasteiger partial charge in [0.05, 0.1) is 6.54 Å². The number of rotatable bonds is 2. The van der Waals surface area contributed by atoms with Gasteiger partial charge in [-0.3, -0.25) is 9.59 Å². The fraction of sp³-hybridized carbons (Fsp3) is 0.833. The Balaban J connectivity index is 1.83. The number of hydrogen-bond acceptors (Lipinski definition) is 3. The first-order valence-corrected chi connectivity index (χ1v) is 6.33. The molecule has 0 aromatic rings. The van der Waals surface area contributed by atoms with Gasteiger partial charge in [-0.15, -0.1) is 0 Å². The molecule has 0 aliphatic carbocycles. The third kappa shape index (κ3) is 2.77. The van der Waals surface area contributed by atoms with E-state index in [0.29, 0.717) is 0 Å². The van der Waals surface area contributed by atoms with Crippen molar-refractivity contribution in [1.29, 1.82) is 0 Å². The summed E-state index contributed by atoms with van der Waals surface area (Å²) in [4.78, 5) is 29.5. The van der Waals surface area contributed by atoms with Gasteiger partial charge in [0.2, 0.25) is 11.8 Å². The molecule has 5 heteroatoms. The van der Waals surface area contributed by atoms with Gasteiger partial charge in [-0.2, -0.15) is 0 Å². The van der Waals surface area contributed by atoms with Gasteiger partial charge in [0.1, 0.15) is 0 Å². The number of likely N-dealkylation sites (tertiary alicyclic amines) is 1. The first-order chi connectivity index (χ1) is 8.08. The fourth-order valence-electron chi connectivity index (χ4n) is 2.37. The minimum atomic E-state index is 0.0929. The van der Waals surface area contributed by atoms with Gasteiger partial charge >= 0.3 is 0 Å². The van der Waals surface area contributed by atoms with Crippen LogP contribution in [0.15, 0.2) is 0 Å². The molecule has 96 valence electrons. The van der Waals surface area contributed by atoms with E-state index in [-0.39, 0.29) is 24.3 Å². The molecule has 2 saturated heterocycles. The molecule has 2 aliphatic heterocycles. The monoisotopic (exact) mass is 239 g/mol. The Morgan fingerprint density at radius 1 is 1.24 bits per heavy atom. The molecule has 2 heterocycles. The van der Waals surface area contributed by atoms with Crippen LogP contribution in [-0.2, 0) is 9.59 Å². The second-order valence-corrected chi connectivity index (χ2v) is 5.13. The van der Waals surface area contributed by atoms with E-state index in [0.717, 1.165) is 39.1 Å². The first kappa shape index (κ1) is 12.4. The smallest absolute Gasteiger partial charge is 0.242 e. The highest BCUT2D eigenvalue weighted by molar-refractivity contribution is 5.87. The Morgan fingerprint density at radius 2 is 1.88 bits per heavy atom. The Bertz CT molecular complexity index is 311. The molecule has 0 N–H and O–H groups in total. The fourth-order valence-corrected chi connectivity index (χ4v) is 2.37. The summed E-state index contributed by atoms with van der Waals surface area (Å²) in [5.74, 6) is 0.323. The number of hydrogen-bond donors (Lipinski definition) is 0. The van der Waals surface area contributed by atoms with Gasteiger partial charge in [0.25, 0.3) is 0 Å². The van der Waals surface area contributed by atoms with Crippen molar-refractivity contribution >= 4 is 11.8 Å². The van der Waals surface area contributed by atoms with Crippen LogP contribution in [0.25, 0.3) is 0 Å². The Hall–Kier alpha value is -1.10. The molecule has 0 bridgehead atoms. The topological polar surface area (TPSA) is 43.9 Å². The van der Waals surface area contributed by atoms with Crippen LogP contribution in [0.5, 0.6) is 0 Å². The molecular weight excluding hydrogens is 218 g/mol. The van der Waals surface area contributed by atoms with Gasteiger partial charge in [-0.25, -0.2) is 0 Å². The first-order valence-electron chi connectivity index (χ1n) is 6.33. The summed E-state index contributed by atoms with van der Waals surface area (Å²) in [6.45, 7) is 6.36. The predicted octanol–water partition coefficient (Wildman–Crippen LogP) is -0.371. The van der Waals surface area contributed by atoms with E-state index in [4.69, 9.17) is 0 Å². The maximum Gasteiger partial charge on any atom is 0.242 e. The number of nitrogens with zero attached hydrogens (tertiary/aromatic N) is 3. The molecule has 2 aliphatic rings. The molecular formula is C12H21N3O2. The average molecular weight is 239 g/mol. The Labute approximate surface area is 102 Å². The minimum Gasteiger partial charge on any atom is -0.339 e. The van der Waals surface area contributed by atoms with Crippen LogP contribution in [-0.4, -0.2) is 72.8 Å². The van der Waals surface area contributed by atoms with E-state index in [1.54, 1.807) is 4.90 Å². The molecule has 0 radical (unpaired) electrons. The van der Waals surface area contributed by atoms with Crippen molar-refractivity contribution in [3.63, 3.8) is 0 Å². The standard InChI is InChI=1S/C12H21N3O2/c1-10-3-4-15(12(10)17)9-11(16)14-7-5-13(2)6-8-14/h10H,3-9H2,1-2H3/t10-/m1/s1. The maximum absolute atomic E-state index is 12.0. The molecule has 5 nitrogen and oxygen atoms in total.